The zero-order valence-electron chi connectivity index (χ0n) is 14.0. The molecule has 2 amide bonds. The van der Waals surface area contributed by atoms with Crippen LogP contribution in [0.5, 0.6) is 0 Å². The number of carbonyl (C=O) groups excluding carboxylic acids is 2. The molecule has 1 fully saturated rings. The minimum absolute atomic E-state index is 0.00736. The van der Waals surface area contributed by atoms with E-state index in [-0.39, 0.29) is 24.2 Å². The highest BCUT2D eigenvalue weighted by Crippen LogP contribution is 2.25. The molecule has 0 radical (unpaired) electrons. The summed E-state index contributed by atoms with van der Waals surface area (Å²) in [6, 6.07) is 9.63. The lowest BCUT2D eigenvalue weighted by Gasteiger charge is -2.17. The molecule has 1 aromatic heterocycles. The molecule has 0 aliphatic carbocycles. The first-order chi connectivity index (χ1) is 11.6. The van der Waals surface area contributed by atoms with Gasteiger partial charge in [-0.15, -0.1) is 0 Å². The van der Waals surface area contributed by atoms with Crippen LogP contribution in [0.25, 0.3) is 0 Å². The fourth-order valence-electron chi connectivity index (χ4n) is 3.12. The van der Waals surface area contributed by atoms with Gasteiger partial charge in [-0.1, -0.05) is 25.1 Å². The molecular formula is C19H22N2O3. The van der Waals surface area contributed by atoms with Crippen molar-refractivity contribution in [2.45, 2.75) is 33.2 Å². The van der Waals surface area contributed by atoms with Gasteiger partial charge >= 0.3 is 0 Å². The Morgan fingerprint density at radius 2 is 2.17 bits per heavy atom. The molecule has 0 spiro atoms. The molecular weight excluding hydrogens is 304 g/mol. The summed E-state index contributed by atoms with van der Waals surface area (Å²) in [5.41, 5.74) is 3.03. The minimum Gasteiger partial charge on any atom is -0.467 e. The van der Waals surface area contributed by atoms with Crippen LogP contribution >= 0.6 is 0 Å². The predicted octanol–water partition coefficient (Wildman–Crippen LogP) is 3.14. The Morgan fingerprint density at radius 1 is 1.33 bits per heavy atom. The topological polar surface area (TPSA) is 62.6 Å². The molecule has 1 atom stereocenters. The number of nitrogens with zero attached hydrogens (tertiary/aromatic N) is 1. The third kappa shape index (κ3) is 3.35. The largest absolute Gasteiger partial charge is 0.467 e. The van der Waals surface area contributed by atoms with Crippen molar-refractivity contribution in [2.75, 3.05) is 11.9 Å². The van der Waals surface area contributed by atoms with Gasteiger partial charge < -0.3 is 14.6 Å². The van der Waals surface area contributed by atoms with E-state index in [1.54, 1.807) is 17.2 Å². The standard InChI is InChI=1S/C19H22N2O3/c1-3-14-7-4-6-13(2)18(14)20-19(23)15-10-17(22)21(11-15)12-16-8-5-9-24-16/h4-9,15H,3,10-12H2,1-2H3,(H,20,23)/t15-/m0/s1. The molecule has 24 heavy (non-hydrogen) atoms. The maximum Gasteiger partial charge on any atom is 0.229 e. The Hall–Kier alpha value is -2.56. The molecule has 5 heteroatoms. The summed E-state index contributed by atoms with van der Waals surface area (Å²) in [6.45, 7) is 4.89. The summed E-state index contributed by atoms with van der Waals surface area (Å²) >= 11 is 0. The molecule has 1 aromatic carbocycles. The fourth-order valence-corrected chi connectivity index (χ4v) is 3.12. The Balaban J connectivity index is 1.67. The lowest BCUT2D eigenvalue weighted by Crippen LogP contribution is -2.28. The molecule has 0 unspecified atom stereocenters. The van der Waals surface area contributed by atoms with Gasteiger partial charge in [-0.05, 0) is 36.6 Å². The van der Waals surface area contributed by atoms with Crippen LogP contribution in [0.4, 0.5) is 5.69 Å². The van der Waals surface area contributed by atoms with Crippen LogP contribution in [0.1, 0.15) is 30.2 Å². The van der Waals surface area contributed by atoms with Crippen LogP contribution in [0.15, 0.2) is 41.0 Å². The third-order valence-electron chi connectivity index (χ3n) is 4.50. The number of aryl methyl sites for hydroxylation is 2. The third-order valence-corrected chi connectivity index (χ3v) is 4.50. The monoisotopic (exact) mass is 326 g/mol. The summed E-state index contributed by atoms with van der Waals surface area (Å²) in [5.74, 6) is 0.315. The first kappa shape index (κ1) is 16.3. The molecule has 1 aliphatic rings. The van der Waals surface area contributed by atoms with E-state index in [9.17, 15) is 9.59 Å². The normalized spacial score (nSPS) is 17.3. The maximum atomic E-state index is 12.6. The zero-order valence-corrected chi connectivity index (χ0v) is 14.0. The van der Waals surface area contributed by atoms with Crippen molar-refractivity contribution in [3.05, 3.63) is 53.5 Å². The van der Waals surface area contributed by atoms with E-state index in [2.05, 4.69) is 12.2 Å². The molecule has 126 valence electrons. The summed E-state index contributed by atoms with van der Waals surface area (Å²) in [7, 11) is 0. The van der Waals surface area contributed by atoms with Crippen molar-refractivity contribution in [3.63, 3.8) is 0 Å². The molecule has 0 bridgehead atoms. The highest BCUT2D eigenvalue weighted by atomic mass is 16.3. The van der Waals surface area contributed by atoms with E-state index in [0.717, 1.165) is 29.0 Å². The first-order valence-electron chi connectivity index (χ1n) is 8.28. The van der Waals surface area contributed by atoms with Crippen LogP contribution < -0.4 is 5.32 Å². The second-order valence-corrected chi connectivity index (χ2v) is 6.21. The first-order valence-corrected chi connectivity index (χ1v) is 8.28. The van der Waals surface area contributed by atoms with Crippen molar-refractivity contribution >= 4 is 17.5 Å². The summed E-state index contributed by atoms with van der Waals surface area (Å²) in [6.07, 6.45) is 2.69. The van der Waals surface area contributed by atoms with Gasteiger partial charge in [0.05, 0.1) is 18.7 Å². The Kier molecular flexibility index (Phi) is 4.69. The molecule has 2 aromatic rings. The molecule has 1 saturated heterocycles. The summed E-state index contributed by atoms with van der Waals surface area (Å²) in [5, 5.41) is 3.03. The number of rotatable bonds is 5. The number of hydrogen-bond acceptors (Lipinski definition) is 3. The highest BCUT2D eigenvalue weighted by Gasteiger charge is 2.34. The van der Waals surface area contributed by atoms with Crippen LogP contribution in [-0.2, 0) is 22.6 Å². The van der Waals surface area contributed by atoms with Gasteiger partial charge in [0, 0.05) is 18.7 Å². The fraction of sp³-hybridized carbons (Fsp3) is 0.368. The number of benzene rings is 1. The van der Waals surface area contributed by atoms with E-state index >= 15 is 0 Å². The predicted molar refractivity (Wildman–Crippen MR) is 91.4 cm³/mol. The number of likely N-dealkylation sites (tertiary alicyclic amines) is 1. The zero-order chi connectivity index (χ0) is 17.1. The molecule has 5 nitrogen and oxygen atoms in total. The van der Waals surface area contributed by atoms with E-state index in [1.165, 1.54) is 0 Å². The van der Waals surface area contributed by atoms with Crippen LogP contribution in [-0.4, -0.2) is 23.3 Å². The Labute approximate surface area is 141 Å². The van der Waals surface area contributed by atoms with E-state index in [1.807, 2.05) is 31.2 Å². The van der Waals surface area contributed by atoms with Gasteiger partial charge in [0.2, 0.25) is 11.8 Å². The van der Waals surface area contributed by atoms with Gasteiger partial charge in [-0.25, -0.2) is 0 Å². The average Bonchev–Trinajstić information content (AvgIpc) is 3.20. The van der Waals surface area contributed by atoms with Crippen molar-refractivity contribution in [3.8, 4) is 0 Å². The molecule has 1 N–H and O–H groups in total. The summed E-state index contributed by atoms with van der Waals surface area (Å²) in [4.78, 5) is 26.5. The van der Waals surface area contributed by atoms with Gasteiger partial charge in [-0.3, -0.25) is 9.59 Å². The number of furan rings is 1. The smallest absolute Gasteiger partial charge is 0.229 e. The van der Waals surface area contributed by atoms with Crippen molar-refractivity contribution < 1.29 is 14.0 Å². The van der Waals surface area contributed by atoms with E-state index in [4.69, 9.17) is 4.42 Å². The molecule has 3 rings (SSSR count). The molecule has 1 aliphatic heterocycles. The molecule has 0 saturated carbocycles. The lowest BCUT2D eigenvalue weighted by molar-refractivity contribution is -0.128. The van der Waals surface area contributed by atoms with Gasteiger partial charge in [0.1, 0.15) is 5.76 Å². The van der Waals surface area contributed by atoms with Crippen molar-refractivity contribution in [2.24, 2.45) is 5.92 Å². The number of nitrogens with one attached hydrogen (secondary N) is 1. The van der Waals surface area contributed by atoms with Crippen molar-refractivity contribution in [1.82, 2.24) is 4.90 Å². The van der Waals surface area contributed by atoms with Crippen LogP contribution in [0, 0.1) is 12.8 Å². The number of hydrogen-bond donors (Lipinski definition) is 1. The minimum atomic E-state index is -0.322. The van der Waals surface area contributed by atoms with Crippen molar-refractivity contribution in [1.29, 1.82) is 0 Å². The Morgan fingerprint density at radius 3 is 2.88 bits per heavy atom. The van der Waals surface area contributed by atoms with E-state index < -0.39 is 0 Å². The number of carbonyl (C=O) groups is 2. The van der Waals surface area contributed by atoms with E-state index in [0.29, 0.717) is 13.1 Å². The quantitative estimate of drug-likeness (QED) is 0.918. The Bertz CT molecular complexity index is 737. The SMILES string of the molecule is CCc1cccc(C)c1NC(=O)[C@H]1CC(=O)N(Cc2ccco2)C1. The van der Waals surface area contributed by atoms with Gasteiger partial charge in [0.15, 0.2) is 0 Å². The number of amides is 2. The highest BCUT2D eigenvalue weighted by molar-refractivity contribution is 5.98. The second-order valence-electron chi connectivity index (χ2n) is 6.21. The van der Waals surface area contributed by atoms with Gasteiger partial charge in [0.25, 0.3) is 0 Å². The lowest BCUT2D eigenvalue weighted by atomic mass is 10.0. The second kappa shape index (κ2) is 6.91. The molecule has 2 heterocycles. The van der Waals surface area contributed by atoms with Crippen LogP contribution in [0.2, 0.25) is 0 Å². The van der Waals surface area contributed by atoms with Gasteiger partial charge in [-0.2, -0.15) is 0 Å². The number of para-hydroxylation sites is 1. The maximum absolute atomic E-state index is 12.6. The number of anilines is 1. The average molecular weight is 326 g/mol. The summed E-state index contributed by atoms with van der Waals surface area (Å²) < 4.78 is 5.29. The van der Waals surface area contributed by atoms with Crippen LogP contribution in [0.3, 0.4) is 0 Å².